The maximum Gasteiger partial charge on any atom is 0.0991 e. The molecule has 0 saturated carbocycles. The molecule has 0 aromatic heterocycles. The zero-order valence-corrected chi connectivity index (χ0v) is 10.0. The van der Waals surface area contributed by atoms with E-state index in [-0.39, 0.29) is 6.04 Å². The zero-order chi connectivity index (χ0) is 12.0. The van der Waals surface area contributed by atoms with Gasteiger partial charge in [0.1, 0.15) is 0 Å². The van der Waals surface area contributed by atoms with Crippen molar-refractivity contribution in [1.82, 2.24) is 5.48 Å². The molecule has 1 atom stereocenters. The van der Waals surface area contributed by atoms with Crippen LogP contribution in [0.15, 0.2) is 24.3 Å². The highest BCUT2D eigenvalue weighted by Gasteiger charge is 2.05. The van der Waals surface area contributed by atoms with E-state index in [2.05, 4.69) is 25.4 Å². The van der Waals surface area contributed by atoms with Crippen molar-refractivity contribution >= 4 is 0 Å². The van der Waals surface area contributed by atoms with Crippen molar-refractivity contribution in [2.45, 2.75) is 26.8 Å². The molecule has 0 heterocycles. The van der Waals surface area contributed by atoms with Crippen molar-refractivity contribution in [2.75, 3.05) is 6.61 Å². The van der Waals surface area contributed by atoms with Gasteiger partial charge < -0.3 is 4.84 Å². The van der Waals surface area contributed by atoms with Gasteiger partial charge in [0.05, 0.1) is 24.3 Å². The summed E-state index contributed by atoms with van der Waals surface area (Å²) in [5, 5.41) is 8.79. The molecular formula is C13H18N2O. The number of hydrogen-bond donors (Lipinski definition) is 1. The van der Waals surface area contributed by atoms with E-state index in [0.717, 1.165) is 5.56 Å². The average Bonchev–Trinajstić information content (AvgIpc) is 2.28. The number of nitriles is 1. The van der Waals surface area contributed by atoms with Crippen LogP contribution in [-0.2, 0) is 4.84 Å². The number of nitrogens with zero attached hydrogens (tertiary/aromatic N) is 1. The number of benzene rings is 1. The van der Waals surface area contributed by atoms with Gasteiger partial charge in [0.2, 0.25) is 0 Å². The van der Waals surface area contributed by atoms with E-state index in [4.69, 9.17) is 10.1 Å². The Bertz CT molecular complexity index is 368. The fraction of sp³-hybridized carbons (Fsp3) is 0.462. The van der Waals surface area contributed by atoms with Crippen LogP contribution in [0.2, 0.25) is 0 Å². The molecule has 0 aliphatic rings. The largest absolute Gasteiger partial charge is 0.301 e. The Morgan fingerprint density at radius 1 is 1.38 bits per heavy atom. The number of nitrogens with one attached hydrogen (secondary N) is 1. The standard InChI is InChI=1S/C13H18N2O/c1-10(2)9-16-15-11(3)13-6-4-5-12(7-13)8-14/h4-7,10-11,15H,9H2,1-3H3. The Morgan fingerprint density at radius 3 is 2.75 bits per heavy atom. The van der Waals surface area contributed by atoms with Crippen molar-refractivity contribution in [3.63, 3.8) is 0 Å². The van der Waals surface area contributed by atoms with Crippen molar-refractivity contribution < 1.29 is 4.84 Å². The highest BCUT2D eigenvalue weighted by Crippen LogP contribution is 2.13. The van der Waals surface area contributed by atoms with Gasteiger partial charge in [-0.3, -0.25) is 0 Å². The van der Waals surface area contributed by atoms with Crippen LogP contribution in [0, 0.1) is 17.2 Å². The Labute approximate surface area is 97.0 Å². The monoisotopic (exact) mass is 218 g/mol. The summed E-state index contributed by atoms with van der Waals surface area (Å²) in [7, 11) is 0. The van der Waals surface area contributed by atoms with Gasteiger partial charge in [-0.2, -0.15) is 10.7 Å². The highest BCUT2D eigenvalue weighted by atomic mass is 16.6. The molecule has 1 aromatic carbocycles. The second-order valence-electron chi connectivity index (χ2n) is 4.28. The van der Waals surface area contributed by atoms with Gasteiger partial charge in [-0.15, -0.1) is 0 Å². The minimum absolute atomic E-state index is 0.0899. The van der Waals surface area contributed by atoms with Gasteiger partial charge in [-0.05, 0) is 30.5 Å². The lowest BCUT2D eigenvalue weighted by Crippen LogP contribution is -2.21. The van der Waals surface area contributed by atoms with Crippen LogP contribution in [0.1, 0.15) is 37.9 Å². The van der Waals surface area contributed by atoms with E-state index in [1.165, 1.54) is 0 Å². The van der Waals surface area contributed by atoms with Crippen molar-refractivity contribution in [1.29, 1.82) is 5.26 Å². The molecule has 3 nitrogen and oxygen atoms in total. The van der Waals surface area contributed by atoms with E-state index in [0.29, 0.717) is 18.1 Å². The minimum atomic E-state index is 0.0899. The summed E-state index contributed by atoms with van der Waals surface area (Å²) >= 11 is 0. The maximum atomic E-state index is 8.79. The Morgan fingerprint density at radius 2 is 2.12 bits per heavy atom. The third kappa shape index (κ3) is 4.01. The van der Waals surface area contributed by atoms with Crippen LogP contribution >= 0.6 is 0 Å². The summed E-state index contributed by atoms with van der Waals surface area (Å²) in [6, 6.07) is 9.75. The molecule has 0 saturated heterocycles. The van der Waals surface area contributed by atoms with Crippen LogP contribution in [0.4, 0.5) is 0 Å². The van der Waals surface area contributed by atoms with Gasteiger partial charge in [-0.1, -0.05) is 26.0 Å². The first-order valence-electron chi connectivity index (χ1n) is 5.51. The second kappa shape index (κ2) is 6.26. The van der Waals surface area contributed by atoms with Crippen LogP contribution in [0.25, 0.3) is 0 Å². The molecule has 0 fully saturated rings. The molecule has 1 aromatic rings. The summed E-state index contributed by atoms with van der Waals surface area (Å²) in [5.41, 5.74) is 4.71. The molecule has 0 amide bonds. The average molecular weight is 218 g/mol. The van der Waals surface area contributed by atoms with Gasteiger partial charge >= 0.3 is 0 Å². The molecule has 0 bridgehead atoms. The van der Waals surface area contributed by atoms with Crippen LogP contribution in [0.5, 0.6) is 0 Å². The fourth-order valence-electron chi connectivity index (χ4n) is 1.29. The molecule has 0 spiro atoms. The molecule has 1 N–H and O–H groups in total. The smallest absolute Gasteiger partial charge is 0.0991 e. The molecule has 1 unspecified atom stereocenters. The summed E-state index contributed by atoms with van der Waals surface area (Å²) < 4.78 is 0. The van der Waals surface area contributed by atoms with Crippen LogP contribution in [0.3, 0.4) is 0 Å². The molecule has 1 rings (SSSR count). The molecular weight excluding hydrogens is 200 g/mol. The van der Waals surface area contributed by atoms with Crippen molar-refractivity contribution in [2.24, 2.45) is 5.92 Å². The lowest BCUT2D eigenvalue weighted by molar-refractivity contribution is 0.00409. The molecule has 86 valence electrons. The van der Waals surface area contributed by atoms with Crippen molar-refractivity contribution in [3.05, 3.63) is 35.4 Å². The SMILES string of the molecule is CC(C)CONC(C)c1cccc(C#N)c1. The third-order valence-corrected chi connectivity index (χ3v) is 2.19. The molecule has 3 heteroatoms. The Kier molecular flexibility index (Phi) is 4.97. The maximum absolute atomic E-state index is 8.79. The summed E-state index contributed by atoms with van der Waals surface area (Å²) in [4.78, 5) is 5.35. The van der Waals surface area contributed by atoms with Crippen molar-refractivity contribution in [3.8, 4) is 6.07 Å². The highest BCUT2D eigenvalue weighted by molar-refractivity contribution is 5.33. The summed E-state index contributed by atoms with van der Waals surface area (Å²) in [5.74, 6) is 0.505. The quantitative estimate of drug-likeness (QED) is 0.773. The zero-order valence-electron chi connectivity index (χ0n) is 10.0. The second-order valence-corrected chi connectivity index (χ2v) is 4.28. The first kappa shape index (κ1) is 12.7. The van der Waals surface area contributed by atoms with E-state index in [1.807, 2.05) is 25.1 Å². The lowest BCUT2D eigenvalue weighted by Gasteiger charge is -2.15. The first-order chi connectivity index (χ1) is 7.63. The van der Waals surface area contributed by atoms with E-state index in [9.17, 15) is 0 Å². The molecule has 0 radical (unpaired) electrons. The topological polar surface area (TPSA) is 45.0 Å². The van der Waals surface area contributed by atoms with E-state index < -0.39 is 0 Å². The van der Waals surface area contributed by atoms with Gasteiger partial charge in [0.25, 0.3) is 0 Å². The number of hydrogen-bond acceptors (Lipinski definition) is 3. The summed E-state index contributed by atoms with van der Waals surface area (Å²) in [6.07, 6.45) is 0. The van der Waals surface area contributed by atoms with E-state index >= 15 is 0 Å². The Balaban J connectivity index is 2.52. The first-order valence-corrected chi connectivity index (χ1v) is 5.51. The van der Waals surface area contributed by atoms with Crippen LogP contribution in [-0.4, -0.2) is 6.61 Å². The number of rotatable bonds is 5. The van der Waals surface area contributed by atoms with Crippen LogP contribution < -0.4 is 5.48 Å². The van der Waals surface area contributed by atoms with Gasteiger partial charge in [0, 0.05) is 0 Å². The fourth-order valence-corrected chi connectivity index (χ4v) is 1.29. The summed E-state index contributed by atoms with van der Waals surface area (Å²) in [6.45, 7) is 6.89. The molecule has 0 aliphatic carbocycles. The van der Waals surface area contributed by atoms with Gasteiger partial charge in [0.15, 0.2) is 0 Å². The predicted molar refractivity (Wildman–Crippen MR) is 63.5 cm³/mol. The number of hydroxylamine groups is 1. The minimum Gasteiger partial charge on any atom is -0.301 e. The third-order valence-electron chi connectivity index (χ3n) is 2.19. The molecule has 16 heavy (non-hydrogen) atoms. The van der Waals surface area contributed by atoms with E-state index in [1.54, 1.807) is 6.07 Å². The lowest BCUT2D eigenvalue weighted by atomic mass is 10.1. The normalized spacial score (nSPS) is 12.4. The van der Waals surface area contributed by atoms with Gasteiger partial charge in [-0.25, -0.2) is 0 Å². The predicted octanol–water partition coefficient (Wildman–Crippen LogP) is 2.80. The molecule has 0 aliphatic heterocycles. The Hall–Kier alpha value is -1.37.